The number of rotatable bonds is 5. The fourth-order valence-corrected chi connectivity index (χ4v) is 3.28. The Bertz CT molecular complexity index is 1180. The maximum atomic E-state index is 12.9. The van der Waals surface area contributed by atoms with Gasteiger partial charge < -0.3 is 14.6 Å². The van der Waals surface area contributed by atoms with Crippen LogP contribution in [0.15, 0.2) is 48.5 Å². The molecule has 2 N–H and O–H groups in total. The van der Waals surface area contributed by atoms with Crippen molar-refractivity contribution in [2.24, 2.45) is 0 Å². The number of methoxy groups -OCH3 is 1. The van der Waals surface area contributed by atoms with Crippen LogP contribution in [0.3, 0.4) is 0 Å². The Morgan fingerprint density at radius 2 is 1.81 bits per heavy atom. The van der Waals surface area contributed by atoms with Crippen LogP contribution in [0.4, 0.5) is 29.5 Å². The van der Waals surface area contributed by atoms with Crippen LogP contribution in [0.1, 0.15) is 27.9 Å². The second-order valence-corrected chi connectivity index (χ2v) is 7.14. The predicted molar refractivity (Wildman–Crippen MR) is 115 cm³/mol. The number of nitrogens with one attached hydrogen (secondary N) is 2. The van der Waals surface area contributed by atoms with E-state index in [4.69, 9.17) is 4.74 Å². The van der Waals surface area contributed by atoms with Crippen molar-refractivity contribution in [2.45, 2.75) is 26.6 Å². The van der Waals surface area contributed by atoms with Gasteiger partial charge in [0.25, 0.3) is 0 Å². The number of amides is 2. The lowest BCUT2D eigenvalue weighted by molar-refractivity contribution is -0.137. The van der Waals surface area contributed by atoms with E-state index >= 15 is 0 Å². The summed E-state index contributed by atoms with van der Waals surface area (Å²) >= 11 is 0. The number of urea groups is 1. The highest BCUT2D eigenvalue weighted by molar-refractivity contribution is 6.00. The predicted octanol–water partition coefficient (Wildman–Crippen LogP) is 5.70. The average molecular weight is 442 g/mol. The lowest BCUT2D eigenvalue weighted by atomic mass is 10.2. The zero-order chi connectivity index (χ0) is 23.5. The molecular formula is C23H21F3N4O2. The molecular weight excluding hydrogens is 421 g/mol. The first kappa shape index (κ1) is 22.7. The Labute approximate surface area is 183 Å². The SMILES string of the molecule is COc1ccc(Cn2c(C)c(C)c(C#N)c2NC(=O)Nc2cccc(C(F)(F)F)c2)cc1. The first-order chi connectivity index (χ1) is 15.1. The molecule has 0 aliphatic heterocycles. The van der Waals surface area contributed by atoms with Crippen LogP contribution in [-0.2, 0) is 12.7 Å². The molecule has 3 aromatic rings. The molecule has 0 atom stereocenters. The van der Waals surface area contributed by atoms with Crippen LogP contribution in [-0.4, -0.2) is 17.7 Å². The van der Waals surface area contributed by atoms with Gasteiger partial charge >= 0.3 is 12.2 Å². The Morgan fingerprint density at radius 1 is 1.12 bits per heavy atom. The van der Waals surface area contributed by atoms with Crippen molar-refractivity contribution < 1.29 is 22.7 Å². The van der Waals surface area contributed by atoms with Crippen molar-refractivity contribution in [3.63, 3.8) is 0 Å². The van der Waals surface area contributed by atoms with E-state index in [1.807, 2.05) is 19.1 Å². The molecule has 166 valence electrons. The molecule has 0 aliphatic carbocycles. The number of anilines is 2. The van der Waals surface area contributed by atoms with E-state index in [2.05, 4.69) is 16.7 Å². The first-order valence-electron chi connectivity index (χ1n) is 9.62. The quantitative estimate of drug-likeness (QED) is 0.532. The zero-order valence-corrected chi connectivity index (χ0v) is 17.7. The molecule has 0 aliphatic rings. The van der Waals surface area contributed by atoms with Gasteiger partial charge in [0.2, 0.25) is 0 Å². The number of ether oxygens (including phenoxy) is 1. The second kappa shape index (κ2) is 9.06. The Kier molecular flexibility index (Phi) is 6.44. The molecule has 0 unspecified atom stereocenters. The zero-order valence-electron chi connectivity index (χ0n) is 17.7. The maximum absolute atomic E-state index is 12.9. The van der Waals surface area contributed by atoms with E-state index < -0.39 is 17.8 Å². The summed E-state index contributed by atoms with van der Waals surface area (Å²) in [4.78, 5) is 12.6. The highest BCUT2D eigenvalue weighted by atomic mass is 19.4. The fraction of sp³-hybridized carbons (Fsp3) is 0.217. The number of carbonyl (C=O) groups excluding carboxylic acids is 1. The van der Waals surface area contributed by atoms with Gasteiger partial charge in [0.1, 0.15) is 17.6 Å². The van der Waals surface area contributed by atoms with Crippen molar-refractivity contribution in [2.75, 3.05) is 17.7 Å². The molecule has 2 aromatic carbocycles. The Morgan fingerprint density at radius 3 is 2.41 bits per heavy atom. The third kappa shape index (κ3) is 4.86. The number of aromatic nitrogens is 1. The summed E-state index contributed by atoms with van der Waals surface area (Å²) in [5, 5.41) is 14.6. The number of carbonyl (C=O) groups is 1. The van der Waals surface area contributed by atoms with Gasteiger partial charge in [0, 0.05) is 17.9 Å². The Balaban J connectivity index is 1.87. The van der Waals surface area contributed by atoms with Crippen molar-refractivity contribution >= 4 is 17.5 Å². The monoisotopic (exact) mass is 442 g/mol. The van der Waals surface area contributed by atoms with Gasteiger partial charge in [-0.1, -0.05) is 18.2 Å². The number of nitrogens with zero attached hydrogens (tertiary/aromatic N) is 2. The number of hydrogen-bond acceptors (Lipinski definition) is 3. The topological polar surface area (TPSA) is 79.1 Å². The van der Waals surface area contributed by atoms with E-state index in [0.29, 0.717) is 17.9 Å². The largest absolute Gasteiger partial charge is 0.497 e. The summed E-state index contributed by atoms with van der Waals surface area (Å²) in [5.74, 6) is 0.966. The molecule has 2 amide bonds. The van der Waals surface area contributed by atoms with E-state index in [-0.39, 0.29) is 17.1 Å². The summed E-state index contributed by atoms with van der Waals surface area (Å²) in [6.07, 6.45) is -4.52. The molecule has 0 spiro atoms. The molecule has 32 heavy (non-hydrogen) atoms. The molecule has 9 heteroatoms. The smallest absolute Gasteiger partial charge is 0.416 e. The molecule has 0 fully saturated rings. The minimum Gasteiger partial charge on any atom is -0.497 e. The summed E-state index contributed by atoms with van der Waals surface area (Å²) < 4.78 is 45.7. The van der Waals surface area contributed by atoms with E-state index in [9.17, 15) is 23.2 Å². The number of halogens is 3. The summed E-state index contributed by atoms with van der Waals surface area (Å²) in [6, 6.07) is 13.0. The highest BCUT2D eigenvalue weighted by Gasteiger charge is 2.30. The summed E-state index contributed by atoms with van der Waals surface area (Å²) in [7, 11) is 1.57. The Hall–Kier alpha value is -3.93. The molecule has 3 rings (SSSR count). The van der Waals surface area contributed by atoms with E-state index in [1.54, 1.807) is 30.7 Å². The maximum Gasteiger partial charge on any atom is 0.416 e. The minimum absolute atomic E-state index is 0.0162. The molecule has 0 radical (unpaired) electrons. The number of nitriles is 1. The lowest BCUT2D eigenvalue weighted by Crippen LogP contribution is -2.22. The van der Waals surface area contributed by atoms with Crippen LogP contribution < -0.4 is 15.4 Å². The van der Waals surface area contributed by atoms with Crippen molar-refractivity contribution in [3.8, 4) is 11.8 Å². The van der Waals surface area contributed by atoms with Gasteiger partial charge in [-0.05, 0) is 55.3 Å². The van der Waals surface area contributed by atoms with Crippen molar-refractivity contribution in [1.82, 2.24) is 4.57 Å². The number of alkyl halides is 3. The highest BCUT2D eigenvalue weighted by Crippen LogP contribution is 2.31. The molecule has 0 saturated carbocycles. The van der Waals surface area contributed by atoms with Gasteiger partial charge in [0.05, 0.1) is 18.2 Å². The lowest BCUT2D eigenvalue weighted by Gasteiger charge is -2.15. The van der Waals surface area contributed by atoms with Crippen LogP contribution in [0.5, 0.6) is 5.75 Å². The molecule has 6 nitrogen and oxygen atoms in total. The van der Waals surface area contributed by atoms with Crippen LogP contribution in [0.25, 0.3) is 0 Å². The summed E-state index contributed by atoms with van der Waals surface area (Å²) in [5.41, 5.74) is 1.80. The van der Waals surface area contributed by atoms with Crippen LogP contribution >= 0.6 is 0 Å². The first-order valence-corrected chi connectivity index (χ1v) is 9.62. The van der Waals surface area contributed by atoms with Gasteiger partial charge in [-0.3, -0.25) is 5.32 Å². The van der Waals surface area contributed by atoms with Crippen LogP contribution in [0.2, 0.25) is 0 Å². The van der Waals surface area contributed by atoms with Gasteiger partial charge in [-0.15, -0.1) is 0 Å². The van der Waals surface area contributed by atoms with Crippen molar-refractivity contribution in [1.29, 1.82) is 5.26 Å². The molecule has 1 heterocycles. The average Bonchev–Trinajstić information content (AvgIpc) is 2.97. The van der Waals surface area contributed by atoms with Gasteiger partial charge in [0.15, 0.2) is 0 Å². The molecule has 0 bridgehead atoms. The standard InChI is InChI=1S/C23H21F3N4O2/c1-14-15(2)30(13-16-7-9-19(32-3)10-8-16)21(20(14)12-27)29-22(31)28-18-6-4-5-17(11-18)23(24,25)26/h4-11H,13H2,1-3H3,(H2,28,29,31). The van der Waals surface area contributed by atoms with Gasteiger partial charge in [-0.25, -0.2) is 4.79 Å². The molecule has 0 saturated heterocycles. The number of hydrogen-bond donors (Lipinski definition) is 2. The van der Waals surface area contributed by atoms with E-state index in [0.717, 1.165) is 23.4 Å². The van der Waals surface area contributed by atoms with Crippen LogP contribution in [0, 0.1) is 25.2 Å². The fourth-order valence-electron chi connectivity index (χ4n) is 3.28. The summed E-state index contributed by atoms with van der Waals surface area (Å²) in [6.45, 7) is 3.97. The third-order valence-corrected chi connectivity index (χ3v) is 5.12. The van der Waals surface area contributed by atoms with E-state index in [1.165, 1.54) is 12.1 Å². The minimum atomic E-state index is -4.52. The third-order valence-electron chi connectivity index (χ3n) is 5.12. The second-order valence-electron chi connectivity index (χ2n) is 7.14. The normalized spacial score (nSPS) is 11.0. The molecule has 1 aromatic heterocycles. The number of benzene rings is 2. The van der Waals surface area contributed by atoms with Gasteiger partial charge in [-0.2, -0.15) is 18.4 Å². The van der Waals surface area contributed by atoms with Crippen molar-refractivity contribution in [3.05, 3.63) is 76.5 Å².